The SMILES string of the molecule is N=C(N)OCc1ccc(-c2ccc(-c3ccc(COC(=N)N)cc3)c(C(F)(F)F)c2)cc1. The van der Waals surface area contributed by atoms with Gasteiger partial charge in [0.05, 0.1) is 5.56 Å². The van der Waals surface area contributed by atoms with Crippen molar-refractivity contribution in [2.45, 2.75) is 19.4 Å². The van der Waals surface area contributed by atoms with Gasteiger partial charge in [0.1, 0.15) is 13.2 Å². The lowest BCUT2D eigenvalue weighted by Gasteiger charge is -2.16. The summed E-state index contributed by atoms with van der Waals surface area (Å²) in [6, 6.07) is 16.6. The fourth-order valence-corrected chi connectivity index (χ4v) is 3.11. The van der Waals surface area contributed by atoms with Gasteiger partial charge in [-0.3, -0.25) is 10.8 Å². The van der Waals surface area contributed by atoms with Crippen molar-refractivity contribution in [3.8, 4) is 22.3 Å². The molecule has 32 heavy (non-hydrogen) atoms. The molecule has 0 aliphatic rings. The van der Waals surface area contributed by atoms with Gasteiger partial charge in [0.25, 0.3) is 12.0 Å². The highest BCUT2D eigenvalue weighted by Gasteiger charge is 2.34. The Labute approximate surface area is 182 Å². The van der Waals surface area contributed by atoms with Crippen LogP contribution in [0.1, 0.15) is 16.7 Å². The van der Waals surface area contributed by atoms with E-state index in [2.05, 4.69) is 0 Å². The number of halogens is 3. The lowest BCUT2D eigenvalue weighted by atomic mass is 9.94. The van der Waals surface area contributed by atoms with Gasteiger partial charge >= 0.3 is 6.18 Å². The third-order valence-corrected chi connectivity index (χ3v) is 4.67. The Bertz CT molecular complexity index is 1110. The van der Waals surface area contributed by atoms with E-state index in [0.717, 1.165) is 11.6 Å². The maximum Gasteiger partial charge on any atom is 0.417 e. The van der Waals surface area contributed by atoms with Crippen molar-refractivity contribution >= 4 is 12.0 Å². The maximum absolute atomic E-state index is 13.9. The molecule has 0 heterocycles. The van der Waals surface area contributed by atoms with Gasteiger partial charge in [0, 0.05) is 0 Å². The number of amidine groups is 2. The largest absolute Gasteiger partial charge is 0.461 e. The number of nitrogens with one attached hydrogen (secondary N) is 2. The van der Waals surface area contributed by atoms with Crippen LogP contribution in [0.4, 0.5) is 13.2 Å². The standard InChI is InChI=1S/C23H21F3N4O2/c24-23(25,26)20-11-18(16-5-1-14(2-6-16)12-31-21(27)28)9-10-19(20)17-7-3-15(4-8-17)13-32-22(29)30/h1-11H,12-13H2,(H3,27,28)(H3,29,30). The summed E-state index contributed by atoms with van der Waals surface area (Å²) in [7, 11) is 0. The Kier molecular flexibility index (Phi) is 6.67. The Morgan fingerprint density at radius 2 is 1.12 bits per heavy atom. The topological polar surface area (TPSA) is 118 Å². The van der Waals surface area contributed by atoms with E-state index in [1.807, 2.05) is 0 Å². The van der Waals surface area contributed by atoms with Gasteiger partial charge in [-0.05, 0) is 39.4 Å². The first-order valence-electron chi connectivity index (χ1n) is 9.47. The molecule has 0 bridgehead atoms. The summed E-state index contributed by atoms with van der Waals surface area (Å²) in [6.07, 6.45) is -4.54. The van der Waals surface area contributed by atoms with E-state index in [-0.39, 0.29) is 18.8 Å². The molecule has 3 rings (SSSR count). The highest BCUT2D eigenvalue weighted by Crippen LogP contribution is 2.39. The Morgan fingerprint density at radius 3 is 1.56 bits per heavy atom. The predicted molar refractivity (Wildman–Crippen MR) is 116 cm³/mol. The van der Waals surface area contributed by atoms with Crippen molar-refractivity contribution in [1.82, 2.24) is 0 Å². The third kappa shape index (κ3) is 5.78. The summed E-state index contributed by atoms with van der Waals surface area (Å²) in [5.74, 6) is 0. The fourth-order valence-electron chi connectivity index (χ4n) is 3.11. The predicted octanol–water partition coefficient (Wildman–Crippen LogP) is 4.86. The first kappa shape index (κ1) is 22.7. The summed E-state index contributed by atoms with van der Waals surface area (Å²) in [6.45, 7) is 0.171. The minimum atomic E-state index is -4.54. The van der Waals surface area contributed by atoms with Crippen LogP contribution in [0.25, 0.3) is 22.3 Å². The maximum atomic E-state index is 13.9. The first-order valence-corrected chi connectivity index (χ1v) is 9.47. The molecular weight excluding hydrogens is 421 g/mol. The van der Waals surface area contributed by atoms with Gasteiger partial charge in [-0.25, -0.2) is 0 Å². The average molecular weight is 442 g/mol. The summed E-state index contributed by atoms with van der Waals surface area (Å²) >= 11 is 0. The highest BCUT2D eigenvalue weighted by atomic mass is 19.4. The Balaban J connectivity index is 1.90. The van der Waals surface area contributed by atoms with E-state index in [0.29, 0.717) is 22.3 Å². The zero-order valence-corrected chi connectivity index (χ0v) is 16.9. The van der Waals surface area contributed by atoms with Crippen LogP contribution in [0, 0.1) is 10.8 Å². The molecule has 6 N–H and O–H groups in total. The van der Waals surface area contributed by atoms with Gasteiger partial charge in [0.15, 0.2) is 0 Å². The summed E-state index contributed by atoms with van der Waals surface area (Å²) in [4.78, 5) is 0. The molecule has 0 saturated heterocycles. The lowest BCUT2D eigenvalue weighted by Crippen LogP contribution is -2.13. The number of benzene rings is 3. The first-order chi connectivity index (χ1) is 15.1. The van der Waals surface area contributed by atoms with Crippen LogP contribution in [0.2, 0.25) is 0 Å². The van der Waals surface area contributed by atoms with Crippen molar-refractivity contribution in [3.05, 3.63) is 83.4 Å². The Morgan fingerprint density at radius 1 is 0.688 bits per heavy atom. The van der Waals surface area contributed by atoms with Gasteiger partial charge in [-0.2, -0.15) is 13.2 Å². The second kappa shape index (κ2) is 9.42. The van der Waals surface area contributed by atoms with Crippen LogP contribution in [-0.2, 0) is 28.9 Å². The lowest BCUT2D eigenvalue weighted by molar-refractivity contribution is -0.137. The van der Waals surface area contributed by atoms with Crippen molar-refractivity contribution in [1.29, 1.82) is 10.8 Å². The van der Waals surface area contributed by atoms with E-state index >= 15 is 0 Å². The zero-order chi connectivity index (χ0) is 23.3. The second-order valence-corrected chi connectivity index (χ2v) is 6.96. The number of alkyl halides is 3. The monoisotopic (exact) mass is 442 g/mol. The fraction of sp³-hybridized carbons (Fsp3) is 0.130. The number of nitrogens with two attached hydrogens (primary N) is 2. The molecule has 0 unspecified atom stereocenters. The Hall–Kier alpha value is -4.01. The van der Waals surface area contributed by atoms with E-state index in [4.69, 9.17) is 31.8 Å². The number of ether oxygens (including phenoxy) is 2. The van der Waals surface area contributed by atoms with Crippen molar-refractivity contribution in [3.63, 3.8) is 0 Å². The minimum Gasteiger partial charge on any atom is -0.461 e. The molecule has 0 aromatic heterocycles. The average Bonchev–Trinajstić information content (AvgIpc) is 2.76. The smallest absolute Gasteiger partial charge is 0.417 e. The third-order valence-electron chi connectivity index (χ3n) is 4.67. The van der Waals surface area contributed by atoms with Gasteiger partial charge in [-0.15, -0.1) is 0 Å². The second-order valence-electron chi connectivity index (χ2n) is 6.96. The molecular formula is C23H21F3N4O2. The number of hydrogen-bond donors (Lipinski definition) is 4. The van der Waals surface area contributed by atoms with Crippen LogP contribution in [-0.4, -0.2) is 12.0 Å². The number of hydrogen-bond acceptors (Lipinski definition) is 4. The molecule has 0 fully saturated rings. The zero-order valence-electron chi connectivity index (χ0n) is 16.9. The molecule has 3 aromatic carbocycles. The number of rotatable bonds is 6. The molecule has 0 atom stereocenters. The molecule has 0 aliphatic carbocycles. The van der Waals surface area contributed by atoms with Crippen LogP contribution in [0.3, 0.4) is 0 Å². The van der Waals surface area contributed by atoms with Crippen LogP contribution >= 0.6 is 0 Å². The molecule has 0 amide bonds. The van der Waals surface area contributed by atoms with E-state index < -0.39 is 23.8 Å². The van der Waals surface area contributed by atoms with Crippen molar-refractivity contribution in [2.75, 3.05) is 0 Å². The van der Waals surface area contributed by atoms with E-state index in [1.165, 1.54) is 6.07 Å². The molecule has 166 valence electrons. The quantitative estimate of drug-likeness (QED) is 0.322. The van der Waals surface area contributed by atoms with E-state index in [9.17, 15) is 13.2 Å². The molecule has 0 spiro atoms. The van der Waals surface area contributed by atoms with Crippen molar-refractivity contribution < 1.29 is 22.6 Å². The van der Waals surface area contributed by atoms with Gasteiger partial charge in [0.2, 0.25) is 0 Å². The molecule has 0 saturated carbocycles. The molecule has 6 nitrogen and oxygen atoms in total. The summed E-state index contributed by atoms with van der Waals surface area (Å²) < 4.78 is 51.4. The summed E-state index contributed by atoms with van der Waals surface area (Å²) in [5.41, 5.74) is 12.5. The van der Waals surface area contributed by atoms with Crippen LogP contribution in [0.5, 0.6) is 0 Å². The molecule has 3 aromatic rings. The highest BCUT2D eigenvalue weighted by molar-refractivity contribution is 5.75. The van der Waals surface area contributed by atoms with Crippen molar-refractivity contribution in [2.24, 2.45) is 11.5 Å². The van der Waals surface area contributed by atoms with Crippen LogP contribution < -0.4 is 11.5 Å². The van der Waals surface area contributed by atoms with Crippen LogP contribution in [0.15, 0.2) is 66.7 Å². The molecule has 9 heteroatoms. The molecule has 0 radical (unpaired) electrons. The van der Waals surface area contributed by atoms with Gasteiger partial charge < -0.3 is 20.9 Å². The normalized spacial score (nSPS) is 11.1. The molecule has 0 aliphatic heterocycles. The van der Waals surface area contributed by atoms with E-state index in [1.54, 1.807) is 54.6 Å². The van der Waals surface area contributed by atoms with Gasteiger partial charge in [-0.1, -0.05) is 60.7 Å². The minimum absolute atomic E-state index is 0.0618. The summed E-state index contributed by atoms with van der Waals surface area (Å²) in [5, 5.41) is 14.1.